The van der Waals surface area contributed by atoms with Gasteiger partial charge in [-0.25, -0.2) is 0 Å². The number of halogens is 1. The highest BCUT2D eigenvalue weighted by Gasteiger charge is 1.77. The van der Waals surface area contributed by atoms with Crippen molar-refractivity contribution in [1.29, 1.82) is 0 Å². The molecule has 0 fully saturated rings. The van der Waals surface area contributed by atoms with Crippen LogP contribution in [0, 0.1) is 0 Å². The molecule has 0 bridgehead atoms. The summed E-state index contributed by atoms with van der Waals surface area (Å²) in [7, 11) is 0. The van der Waals surface area contributed by atoms with Crippen molar-refractivity contribution in [2.24, 2.45) is 0 Å². The summed E-state index contributed by atoms with van der Waals surface area (Å²) in [5.74, 6) is 0.827. The van der Waals surface area contributed by atoms with Crippen LogP contribution in [0.15, 0.2) is 18.5 Å². The van der Waals surface area contributed by atoms with E-state index in [4.69, 9.17) is 11.6 Å². The third-order valence-corrected chi connectivity index (χ3v) is 1.89. The lowest BCUT2D eigenvalue weighted by Crippen LogP contribution is -1.91. The molecular formula is C10H19ClN2. The molecule has 0 aliphatic rings. The van der Waals surface area contributed by atoms with Gasteiger partial charge in [-0.15, -0.1) is 11.6 Å². The molecule has 0 unspecified atom stereocenters. The number of hydrogen-bond donors (Lipinski definition) is 0. The van der Waals surface area contributed by atoms with E-state index in [1.807, 2.05) is 16.9 Å². The van der Waals surface area contributed by atoms with E-state index in [-0.39, 0.29) is 0 Å². The second-order valence-electron chi connectivity index (χ2n) is 2.76. The van der Waals surface area contributed by atoms with Gasteiger partial charge in [0.1, 0.15) is 0 Å². The highest BCUT2D eigenvalue weighted by molar-refractivity contribution is 6.17. The van der Waals surface area contributed by atoms with Crippen molar-refractivity contribution >= 4 is 11.6 Å². The predicted octanol–water partition coefficient (Wildman–Crippen LogP) is 3.32. The van der Waals surface area contributed by atoms with Gasteiger partial charge in [0.2, 0.25) is 0 Å². The molecule has 0 spiro atoms. The first-order valence-electron chi connectivity index (χ1n) is 4.88. The van der Waals surface area contributed by atoms with Crippen molar-refractivity contribution in [3.63, 3.8) is 0 Å². The lowest BCUT2D eigenvalue weighted by Gasteiger charge is -1.87. The molecule has 0 aliphatic carbocycles. The fourth-order valence-corrected chi connectivity index (χ4v) is 1.02. The van der Waals surface area contributed by atoms with Gasteiger partial charge in [0.15, 0.2) is 0 Å². The average molecular weight is 203 g/mol. The lowest BCUT2D eigenvalue weighted by molar-refractivity contribution is 0.660. The molecule has 76 valence electrons. The molecule has 0 radical (unpaired) electrons. The van der Waals surface area contributed by atoms with E-state index in [1.54, 1.807) is 6.20 Å². The fraction of sp³-hybridized carbons (Fsp3) is 0.700. The first-order chi connectivity index (χ1) is 6.35. The van der Waals surface area contributed by atoms with Crippen LogP contribution in [0.2, 0.25) is 0 Å². The maximum Gasteiger partial charge on any atom is 0.0489 e. The van der Waals surface area contributed by atoms with Gasteiger partial charge in [-0.2, -0.15) is 5.10 Å². The molecule has 2 nitrogen and oxygen atoms in total. The van der Waals surface area contributed by atoms with Gasteiger partial charge in [-0.3, -0.25) is 4.68 Å². The maximum absolute atomic E-state index is 5.38. The summed E-state index contributed by atoms with van der Waals surface area (Å²) >= 11 is 5.38. The van der Waals surface area contributed by atoms with Crippen molar-refractivity contribution in [1.82, 2.24) is 9.78 Å². The summed E-state index contributed by atoms with van der Waals surface area (Å²) in [4.78, 5) is 0. The highest BCUT2D eigenvalue weighted by Crippen LogP contribution is 1.93. The Labute approximate surface area is 85.9 Å². The number of aryl methyl sites for hydroxylation is 1. The predicted molar refractivity (Wildman–Crippen MR) is 58.1 cm³/mol. The van der Waals surface area contributed by atoms with Crippen LogP contribution in [0.1, 0.15) is 33.1 Å². The van der Waals surface area contributed by atoms with Gasteiger partial charge in [0.05, 0.1) is 0 Å². The zero-order valence-corrected chi connectivity index (χ0v) is 9.30. The third kappa shape index (κ3) is 7.85. The SMILES string of the molecule is CCCCCCl.CCn1cccn1. The summed E-state index contributed by atoms with van der Waals surface area (Å²) in [5.41, 5.74) is 0. The minimum absolute atomic E-state index is 0.827. The number of alkyl halides is 1. The van der Waals surface area contributed by atoms with Gasteiger partial charge in [-0.05, 0) is 19.4 Å². The Morgan fingerprint density at radius 2 is 2.08 bits per heavy atom. The van der Waals surface area contributed by atoms with Crippen molar-refractivity contribution in [2.45, 2.75) is 39.7 Å². The number of aromatic nitrogens is 2. The van der Waals surface area contributed by atoms with E-state index < -0.39 is 0 Å². The summed E-state index contributed by atoms with van der Waals surface area (Å²) in [6.07, 6.45) is 7.46. The van der Waals surface area contributed by atoms with Crippen LogP contribution in [0.3, 0.4) is 0 Å². The first kappa shape index (κ1) is 12.5. The molecular weight excluding hydrogens is 184 g/mol. The Bertz CT molecular complexity index is 169. The summed E-state index contributed by atoms with van der Waals surface area (Å²) in [6.45, 7) is 5.20. The molecule has 13 heavy (non-hydrogen) atoms. The van der Waals surface area contributed by atoms with E-state index in [1.165, 1.54) is 19.3 Å². The highest BCUT2D eigenvalue weighted by atomic mass is 35.5. The molecule has 0 saturated heterocycles. The average Bonchev–Trinajstić information content (AvgIpc) is 2.68. The van der Waals surface area contributed by atoms with Gasteiger partial charge < -0.3 is 0 Å². The number of nitrogens with zero attached hydrogens (tertiary/aromatic N) is 2. The minimum atomic E-state index is 0.827. The Morgan fingerprint density at radius 1 is 1.31 bits per heavy atom. The largest absolute Gasteiger partial charge is 0.273 e. The Hall–Kier alpha value is -0.500. The molecule has 0 saturated carbocycles. The Kier molecular flexibility index (Phi) is 9.22. The topological polar surface area (TPSA) is 17.8 Å². The van der Waals surface area contributed by atoms with Crippen LogP contribution in [0.25, 0.3) is 0 Å². The molecule has 0 aliphatic heterocycles. The van der Waals surface area contributed by atoms with Crippen molar-refractivity contribution in [3.8, 4) is 0 Å². The number of hydrogen-bond acceptors (Lipinski definition) is 1. The Balaban J connectivity index is 0.000000226. The maximum atomic E-state index is 5.38. The summed E-state index contributed by atoms with van der Waals surface area (Å²) in [5, 5.41) is 3.95. The van der Waals surface area contributed by atoms with Crippen LogP contribution in [-0.2, 0) is 6.54 Å². The van der Waals surface area contributed by atoms with Crippen LogP contribution in [0.5, 0.6) is 0 Å². The second-order valence-corrected chi connectivity index (χ2v) is 3.14. The standard InChI is InChI=1S/C5H11Cl.C5H8N2/c1-2-3-4-5-6;1-2-7-5-3-4-6-7/h2-5H2,1H3;3-5H,2H2,1H3. The van der Waals surface area contributed by atoms with Gasteiger partial charge in [0.25, 0.3) is 0 Å². The van der Waals surface area contributed by atoms with Crippen molar-refractivity contribution in [2.75, 3.05) is 5.88 Å². The van der Waals surface area contributed by atoms with Gasteiger partial charge in [0, 0.05) is 24.8 Å². The fourth-order valence-electron chi connectivity index (χ4n) is 0.832. The second kappa shape index (κ2) is 9.59. The van der Waals surface area contributed by atoms with Crippen LogP contribution < -0.4 is 0 Å². The van der Waals surface area contributed by atoms with Crippen molar-refractivity contribution in [3.05, 3.63) is 18.5 Å². The minimum Gasteiger partial charge on any atom is -0.273 e. The molecule has 0 N–H and O–H groups in total. The normalized spacial score (nSPS) is 9.15. The molecule has 0 atom stereocenters. The summed E-state index contributed by atoms with van der Waals surface area (Å²) in [6, 6.07) is 1.92. The molecule has 0 aromatic carbocycles. The monoisotopic (exact) mass is 202 g/mol. The van der Waals surface area contributed by atoms with Crippen molar-refractivity contribution < 1.29 is 0 Å². The van der Waals surface area contributed by atoms with E-state index in [0.29, 0.717) is 0 Å². The number of unbranched alkanes of at least 4 members (excludes halogenated alkanes) is 2. The quantitative estimate of drug-likeness (QED) is 0.541. The smallest absolute Gasteiger partial charge is 0.0489 e. The van der Waals surface area contributed by atoms with Crippen LogP contribution in [0.4, 0.5) is 0 Å². The van der Waals surface area contributed by atoms with Crippen LogP contribution in [-0.4, -0.2) is 15.7 Å². The van der Waals surface area contributed by atoms with E-state index in [9.17, 15) is 0 Å². The van der Waals surface area contributed by atoms with E-state index >= 15 is 0 Å². The summed E-state index contributed by atoms with van der Waals surface area (Å²) < 4.78 is 1.88. The number of rotatable bonds is 4. The van der Waals surface area contributed by atoms with Crippen LogP contribution >= 0.6 is 11.6 Å². The third-order valence-electron chi connectivity index (χ3n) is 1.62. The molecule has 0 amide bonds. The van der Waals surface area contributed by atoms with E-state index in [2.05, 4.69) is 18.9 Å². The van der Waals surface area contributed by atoms with Gasteiger partial charge >= 0.3 is 0 Å². The van der Waals surface area contributed by atoms with E-state index in [0.717, 1.165) is 12.4 Å². The zero-order valence-electron chi connectivity index (χ0n) is 8.54. The molecule has 1 heterocycles. The first-order valence-corrected chi connectivity index (χ1v) is 5.42. The molecule has 3 heteroatoms. The Morgan fingerprint density at radius 3 is 2.31 bits per heavy atom. The van der Waals surface area contributed by atoms with Gasteiger partial charge in [-0.1, -0.05) is 19.8 Å². The lowest BCUT2D eigenvalue weighted by atomic mass is 10.3. The molecule has 1 aromatic rings. The molecule has 1 rings (SSSR count). The zero-order chi connectivity index (χ0) is 9.94. The molecule has 1 aromatic heterocycles.